The van der Waals surface area contributed by atoms with Crippen molar-refractivity contribution >= 4 is 23.3 Å². The lowest BCUT2D eigenvalue weighted by Gasteiger charge is -2.41. The van der Waals surface area contributed by atoms with E-state index in [1.54, 1.807) is 6.33 Å². The molecule has 0 bridgehead atoms. The van der Waals surface area contributed by atoms with Crippen LogP contribution in [0.5, 0.6) is 0 Å². The number of nitrogens with zero attached hydrogens (tertiary/aromatic N) is 6. The Labute approximate surface area is 285 Å². The number of hydrogen-bond acceptors (Lipinski definition) is 9. The fourth-order valence-electron chi connectivity index (χ4n) is 7.49. The second-order valence-electron chi connectivity index (χ2n) is 15.4. The lowest BCUT2D eigenvalue weighted by molar-refractivity contribution is -0.160. The minimum Gasteiger partial charge on any atom is -0.479 e. The maximum Gasteiger partial charge on any atom is 0.337 e. The highest BCUT2D eigenvalue weighted by Gasteiger charge is 2.37. The van der Waals surface area contributed by atoms with Crippen LogP contribution in [0.15, 0.2) is 24.5 Å². The number of aliphatic carboxylic acids is 1. The number of piperidine rings is 1. The predicted molar refractivity (Wildman–Crippen MR) is 190 cm³/mol. The third kappa shape index (κ3) is 7.01. The van der Waals surface area contributed by atoms with Crippen molar-refractivity contribution in [2.45, 2.75) is 92.9 Å². The van der Waals surface area contributed by atoms with E-state index in [4.69, 9.17) is 19.4 Å². The fraction of sp³-hybridized carbons (Fsp3) is 0.579. The van der Waals surface area contributed by atoms with Crippen LogP contribution in [0.4, 0.5) is 17.3 Å². The van der Waals surface area contributed by atoms with E-state index in [9.17, 15) is 9.90 Å². The number of pyridine rings is 1. The summed E-state index contributed by atoms with van der Waals surface area (Å²) in [4.78, 5) is 34.3. The van der Waals surface area contributed by atoms with Crippen LogP contribution in [0, 0.1) is 26.2 Å². The van der Waals surface area contributed by atoms with E-state index in [0.29, 0.717) is 24.5 Å². The highest BCUT2D eigenvalue weighted by Crippen LogP contribution is 2.45. The first kappa shape index (κ1) is 34.1. The Kier molecular flexibility index (Phi) is 9.43. The van der Waals surface area contributed by atoms with Crippen LogP contribution >= 0.6 is 0 Å². The minimum atomic E-state index is -1.13. The van der Waals surface area contributed by atoms with Crippen molar-refractivity contribution in [3.8, 4) is 11.1 Å². The van der Waals surface area contributed by atoms with Crippen LogP contribution in [0.25, 0.3) is 11.1 Å². The lowest BCUT2D eigenvalue weighted by atomic mass is 9.81. The van der Waals surface area contributed by atoms with Gasteiger partial charge in [0.05, 0.1) is 24.5 Å². The average Bonchev–Trinajstić information content (AvgIpc) is 3.03. The van der Waals surface area contributed by atoms with E-state index >= 15 is 0 Å². The zero-order valence-corrected chi connectivity index (χ0v) is 30.0. The molecule has 258 valence electrons. The van der Waals surface area contributed by atoms with Gasteiger partial charge in [-0.1, -0.05) is 32.0 Å². The van der Waals surface area contributed by atoms with Crippen molar-refractivity contribution in [3.63, 3.8) is 0 Å². The number of anilines is 3. The van der Waals surface area contributed by atoms with Gasteiger partial charge in [-0.3, -0.25) is 4.98 Å². The second kappa shape index (κ2) is 13.3. The largest absolute Gasteiger partial charge is 0.479 e. The van der Waals surface area contributed by atoms with Gasteiger partial charge < -0.3 is 29.3 Å². The molecule has 0 aliphatic carbocycles. The number of carboxylic acids is 1. The van der Waals surface area contributed by atoms with E-state index in [1.807, 2.05) is 27.7 Å². The predicted octanol–water partition coefficient (Wildman–Crippen LogP) is 6.43. The summed E-state index contributed by atoms with van der Waals surface area (Å²) in [6.45, 7) is 22.9. The summed E-state index contributed by atoms with van der Waals surface area (Å²) in [5, 5.41) is 10.5. The molecular formula is C38H52N6O4. The first-order chi connectivity index (χ1) is 22.7. The molecule has 1 aromatic carbocycles. The maximum absolute atomic E-state index is 12.9. The van der Waals surface area contributed by atoms with Gasteiger partial charge in [-0.25, -0.2) is 14.8 Å². The summed E-state index contributed by atoms with van der Waals surface area (Å²) in [5.74, 6) is 0.982. The Morgan fingerprint density at radius 1 is 0.917 bits per heavy atom. The number of aromatic nitrogens is 3. The van der Waals surface area contributed by atoms with Crippen molar-refractivity contribution in [2.75, 3.05) is 60.6 Å². The van der Waals surface area contributed by atoms with Crippen molar-refractivity contribution in [3.05, 3.63) is 58.2 Å². The van der Waals surface area contributed by atoms with Gasteiger partial charge in [0.1, 0.15) is 18.0 Å². The van der Waals surface area contributed by atoms with Crippen molar-refractivity contribution in [2.24, 2.45) is 5.41 Å². The monoisotopic (exact) mass is 656 g/mol. The number of benzene rings is 1. The molecular weight excluding hydrogens is 604 g/mol. The van der Waals surface area contributed by atoms with E-state index in [1.165, 1.54) is 11.1 Å². The summed E-state index contributed by atoms with van der Waals surface area (Å²) >= 11 is 0. The third-order valence-corrected chi connectivity index (χ3v) is 10.1. The SMILES string of the molecule is Cc1nc(C)c([C@H](OC(C)(C)C)C(=O)O)c(N2CCC(C)(C)CC2)c1-c1ccc2c(c1)CCN(c1ncnc(N3CCOCC3)c1C)C2. The zero-order valence-electron chi connectivity index (χ0n) is 30.0. The number of morpholine rings is 1. The highest BCUT2D eigenvalue weighted by molar-refractivity contribution is 5.88. The van der Waals surface area contributed by atoms with E-state index in [-0.39, 0.29) is 5.41 Å². The van der Waals surface area contributed by atoms with Crippen LogP contribution in [-0.4, -0.2) is 77.6 Å². The first-order valence-corrected chi connectivity index (χ1v) is 17.4. The topological polar surface area (TPSA) is 104 Å². The molecule has 10 nitrogen and oxygen atoms in total. The van der Waals surface area contributed by atoms with Gasteiger partial charge in [0.25, 0.3) is 0 Å². The van der Waals surface area contributed by atoms with Crippen molar-refractivity contribution in [1.29, 1.82) is 0 Å². The molecule has 3 aliphatic heterocycles. The van der Waals surface area contributed by atoms with Gasteiger partial charge in [0.15, 0.2) is 6.10 Å². The molecule has 1 atom stereocenters. The molecule has 2 saturated heterocycles. The van der Waals surface area contributed by atoms with Crippen LogP contribution in [0.2, 0.25) is 0 Å². The summed E-state index contributed by atoms with van der Waals surface area (Å²) in [5.41, 5.74) is 8.58. The third-order valence-electron chi connectivity index (χ3n) is 10.1. The van der Waals surface area contributed by atoms with Gasteiger partial charge in [0, 0.05) is 67.3 Å². The average molecular weight is 657 g/mol. The van der Waals surface area contributed by atoms with Crippen LogP contribution < -0.4 is 14.7 Å². The molecule has 0 spiro atoms. The Balaban J connectivity index is 1.39. The van der Waals surface area contributed by atoms with Crippen molar-refractivity contribution < 1.29 is 19.4 Å². The quantitative estimate of drug-likeness (QED) is 0.306. The molecule has 2 fully saturated rings. The highest BCUT2D eigenvalue weighted by atomic mass is 16.5. The smallest absolute Gasteiger partial charge is 0.337 e. The Morgan fingerprint density at radius 2 is 1.58 bits per heavy atom. The van der Waals surface area contributed by atoms with E-state index in [2.05, 4.69) is 65.6 Å². The fourth-order valence-corrected chi connectivity index (χ4v) is 7.49. The Bertz CT molecular complexity index is 1670. The molecule has 0 saturated carbocycles. The Hall–Kier alpha value is -3.76. The molecule has 5 heterocycles. The van der Waals surface area contributed by atoms with Gasteiger partial charge >= 0.3 is 5.97 Å². The molecule has 10 heteroatoms. The standard InChI is InChI=1S/C38H52N6O4/c1-24-34(43-17-19-47-20-18-43)39-23-40-35(24)44-14-11-27-21-28(9-10-29(27)22-44)30-25(2)41-26(3)31(33(36(45)46)48-37(4,5)6)32(30)42-15-12-38(7,8)13-16-42/h9-10,21,23,33H,11-20,22H2,1-8H3,(H,45,46)/t33-/m0/s1. The number of hydrogen-bond donors (Lipinski definition) is 1. The zero-order chi connectivity index (χ0) is 34.4. The molecule has 1 N–H and O–H groups in total. The lowest BCUT2D eigenvalue weighted by Crippen LogP contribution is -2.39. The molecule has 0 unspecified atom stereocenters. The van der Waals surface area contributed by atoms with Crippen LogP contribution in [0.3, 0.4) is 0 Å². The minimum absolute atomic E-state index is 0.241. The molecule has 3 aliphatic rings. The number of carboxylic acid groups (broad SMARTS) is 1. The molecule has 3 aromatic rings. The molecule has 0 radical (unpaired) electrons. The number of rotatable bonds is 7. The first-order valence-electron chi connectivity index (χ1n) is 17.4. The molecule has 48 heavy (non-hydrogen) atoms. The summed E-state index contributed by atoms with van der Waals surface area (Å²) in [6.07, 6.45) is 3.49. The second-order valence-corrected chi connectivity index (χ2v) is 15.4. The normalized spacial score (nSPS) is 18.9. The van der Waals surface area contributed by atoms with Gasteiger partial charge in [0.2, 0.25) is 0 Å². The number of aryl methyl sites for hydroxylation is 2. The van der Waals surface area contributed by atoms with Crippen LogP contribution in [0.1, 0.15) is 87.2 Å². The van der Waals surface area contributed by atoms with Gasteiger partial charge in [-0.15, -0.1) is 0 Å². The summed E-state index contributed by atoms with van der Waals surface area (Å²) < 4.78 is 11.8. The Morgan fingerprint density at radius 3 is 2.23 bits per heavy atom. The van der Waals surface area contributed by atoms with E-state index < -0.39 is 17.7 Å². The number of ether oxygens (including phenoxy) is 2. The molecule has 0 amide bonds. The van der Waals surface area contributed by atoms with E-state index in [0.717, 1.165) is 98.2 Å². The number of carbonyl (C=O) groups is 1. The number of fused-ring (bicyclic) bond motifs is 1. The van der Waals surface area contributed by atoms with Gasteiger partial charge in [-0.2, -0.15) is 0 Å². The maximum atomic E-state index is 12.9. The van der Waals surface area contributed by atoms with Gasteiger partial charge in [-0.05, 0) is 82.9 Å². The summed E-state index contributed by atoms with van der Waals surface area (Å²) in [7, 11) is 0. The van der Waals surface area contributed by atoms with Crippen molar-refractivity contribution in [1.82, 2.24) is 15.0 Å². The molecule has 6 rings (SSSR count). The molecule has 2 aromatic heterocycles. The van der Waals surface area contributed by atoms with Crippen LogP contribution in [-0.2, 0) is 27.2 Å². The summed E-state index contributed by atoms with van der Waals surface area (Å²) in [6, 6.07) is 6.73.